The number of benzene rings is 1. The number of hydrazine groups is 1. The van der Waals surface area contributed by atoms with Gasteiger partial charge in [-0.05, 0) is 48.9 Å². The Hall–Kier alpha value is -1.06. The first-order chi connectivity index (χ1) is 9.76. The number of methoxy groups -OCH3 is 1. The van der Waals surface area contributed by atoms with Gasteiger partial charge < -0.3 is 4.74 Å². The molecule has 0 bridgehead atoms. The van der Waals surface area contributed by atoms with E-state index in [1.807, 2.05) is 6.07 Å². The van der Waals surface area contributed by atoms with Crippen molar-refractivity contribution < 1.29 is 4.74 Å². The molecule has 112 valence electrons. The maximum absolute atomic E-state index is 5.88. The van der Waals surface area contributed by atoms with Gasteiger partial charge in [0.05, 0.1) is 7.11 Å². The molecule has 0 amide bonds. The Morgan fingerprint density at radius 2 is 1.80 bits per heavy atom. The molecule has 3 N–H and O–H groups in total. The zero-order valence-corrected chi connectivity index (χ0v) is 12.8. The van der Waals surface area contributed by atoms with Gasteiger partial charge in [0.2, 0.25) is 0 Å². The molecule has 0 radical (unpaired) electrons. The predicted octanol–water partition coefficient (Wildman–Crippen LogP) is 3.87. The minimum absolute atomic E-state index is 0.263. The van der Waals surface area contributed by atoms with Crippen molar-refractivity contribution in [3.05, 3.63) is 29.3 Å². The SMILES string of the molecule is COc1ccc(C(NN)C2CCCCCCC2)c(C)c1. The zero-order valence-electron chi connectivity index (χ0n) is 12.8. The Kier molecular flexibility index (Phi) is 5.86. The first-order valence-electron chi connectivity index (χ1n) is 7.87. The maximum atomic E-state index is 5.88. The highest BCUT2D eigenvalue weighted by atomic mass is 16.5. The minimum Gasteiger partial charge on any atom is -0.497 e. The molecule has 2 rings (SSSR count). The molecule has 1 aliphatic rings. The minimum atomic E-state index is 0.263. The van der Waals surface area contributed by atoms with Gasteiger partial charge in [-0.15, -0.1) is 0 Å². The summed E-state index contributed by atoms with van der Waals surface area (Å²) >= 11 is 0. The predicted molar refractivity (Wildman–Crippen MR) is 83.6 cm³/mol. The summed E-state index contributed by atoms with van der Waals surface area (Å²) in [4.78, 5) is 0. The van der Waals surface area contributed by atoms with E-state index >= 15 is 0 Å². The number of nitrogens with two attached hydrogens (primary N) is 1. The van der Waals surface area contributed by atoms with Crippen molar-refractivity contribution in [2.24, 2.45) is 11.8 Å². The van der Waals surface area contributed by atoms with E-state index in [0.29, 0.717) is 5.92 Å². The first-order valence-corrected chi connectivity index (χ1v) is 7.87. The Bertz CT molecular complexity index is 411. The van der Waals surface area contributed by atoms with Gasteiger partial charge in [0.25, 0.3) is 0 Å². The molecule has 1 aromatic rings. The van der Waals surface area contributed by atoms with Crippen LogP contribution in [0.15, 0.2) is 18.2 Å². The van der Waals surface area contributed by atoms with Crippen LogP contribution in [0.3, 0.4) is 0 Å². The highest BCUT2D eigenvalue weighted by Gasteiger charge is 2.24. The summed E-state index contributed by atoms with van der Waals surface area (Å²) in [5, 5.41) is 0. The van der Waals surface area contributed by atoms with Crippen LogP contribution in [0, 0.1) is 12.8 Å². The van der Waals surface area contributed by atoms with Gasteiger partial charge in [-0.25, -0.2) is 0 Å². The Morgan fingerprint density at radius 1 is 1.15 bits per heavy atom. The van der Waals surface area contributed by atoms with Gasteiger partial charge in [0.1, 0.15) is 5.75 Å². The fraction of sp³-hybridized carbons (Fsp3) is 0.647. The molecule has 1 saturated carbocycles. The van der Waals surface area contributed by atoms with E-state index in [9.17, 15) is 0 Å². The van der Waals surface area contributed by atoms with E-state index in [2.05, 4.69) is 24.5 Å². The number of aryl methyl sites for hydroxylation is 1. The summed E-state index contributed by atoms with van der Waals surface area (Å²) in [5.74, 6) is 7.45. The third-order valence-electron chi connectivity index (χ3n) is 4.61. The third kappa shape index (κ3) is 3.74. The maximum Gasteiger partial charge on any atom is 0.119 e. The molecule has 0 aliphatic heterocycles. The van der Waals surface area contributed by atoms with Crippen molar-refractivity contribution in [3.63, 3.8) is 0 Å². The standard InChI is InChI=1S/C17H28N2O/c1-13-12-15(20-2)10-11-16(13)17(19-18)14-8-6-4-3-5-7-9-14/h10-12,14,17,19H,3-9,18H2,1-2H3. The molecule has 1 unspecified atom stereocenters. The molecule has 3 heteroatoms. The number of ether oxygens (including phenoxy) is 1. The molecule has 0 spiro atoms. The second-order valence-corrected chi connectivity index (χ2v) is 5.97. The highest BCUT2D eigenvalue weighted by Crippen LogP contribution is 2.34. The molecule has 1 aromatic carbocycles. The molecule has 1 fully saturated rings. The average molecular weight is 276 g/mol. The van der Waals surface area contributed by atoms with E-state index in [0.717, 1.165) is 5.75 Å². The van der Waals surface area contributed by atoms with E-state index < -0.39 is 0 Å². The molecule has 0 aromatic heterocycles. The van der Waals surface area contributed by atoms with Crippen LogP contribution in [0.2, 0.25) is 0 Å². The Balaban J connectivity index is 2.17. The average Bonchev–Trinajstić information content (AvgIpc) is 2.42. The van der Waals surface area contributed by atoms with Crippen LogP contribution < -0.4 is 16.0 Å². The second-order valence-electron chi connectivity index (χ2n) is 5.97. The van der Waals surface area contributed by atoms with Crippen LogP contribution in [0.5, 0.6) is 5.75 Å². The summed E-state index contributed by atoms with van der Waals surface area (Å²) in [6, 6.07) is 6.56. The molecule has 0 heterocycles. The molecule has 20 heavy (non-hydrogen) atoms. The largest absolute Gasteiger partial charge is 0.497 e. The van der Waals surface area contributed by atoms with E-state index in [4.69, 9.17) is 10.6 Å². The fourth-order valence-electron chi connectivity index (χ4n) is 3.42. The quantitative estimate of drug-likeness (QED) is 0.648. The highest BCUT2D eigenvalue weighted by molar-refractivity contribution is 5.37. The molecule has 1 aliphatic carbocycles. The number of hydrogen-bond acceptors (Lipinski definition) is 3. The van der Waals surface area contributed by atoms with Crippen molar-refractivity contribution in [2.45, 2.75) is 57.9 Å². The lowest BCUT2D eigenvalue weighted by molar-refractivity contribution is 0.289. The van der Waals surface area contributed by atoms with Gasteiger partial charge in [-0.2, -0.15) is 0 Å². The molecule has 3 nitrogen and oxygen atoms in total. The lowest BCUT2D eigenvalue weighted by Crippen LogP contribution is -2.34. The van der Waals surface area contributed by atoms with E-state index in [-0.39, 0.29) is 6.04 Å². The summed E-state index contributed by atoms with van der Waals surface area (Å²) in [6.45, 7) is 2.14. The van der Waals surface area contributed by atoms with Crippen molar-refractivity contribution >= 4 is 0 Å². The van der Waals surface area contributed by atoms with Crippen molar-refractivity contribution in [1.29, 1.82) is 0 Å². The van der Waals surface area contributed by atoms with Gasteiger partial charge in [-0.3, -0.25) is 11.3 Å². The monoisotopic (exact) mass is 276 g/mol. The van der Waals surface area contributed by atoms with Gasteiger partial charge >= 0.3 is 0 Å². The zero-order chi connectivity index (χ0) is 14.4. The smallest absolute Gasteiger partial charge is 0.119 e. The Labute approximate surface area is 122 Å². The summed E-state index contributed by atoms with van der Waals surface area (Å²) in [5.41, 5.74) is 5.65. The van der Waals surface area contributed by atoms with Crippen LogP contribution in [-0.4, -0.2) is 7.11 Å². The van der Waals surface area contributed by atoms with Crippen LogP contribution in [0.25, 0.3) is 0 Å². The second kappa shape index (κ2) is 7.65. The van der Waals surface area contributed by atoms with Crippen LogP contribution in [0.1, 0.15) is 62.1 Å². The topological polar surface area (TPSA) is 47.3 Å². The van der Waals surface area contributed by atoms with Gasteiger partial charge in [-0.1, -0.05) is 38.2 Å². The summed E-state index contributed by atoms with van der Waals surface area (Å²) in [6.07, 6.45) is 9.36. The fourth-order valence-corrected chi connectivity index (χ4v) is 3.42. The Morgan fingerprint density at radius 3 is 2.35 bits per heavy atom. The van der Waals surface area contributed by atoms with Crippen LogP contribution in [0.4, 0.5) is 0 Å². The number of rotatable bonds is 4. The molecule has 1 atom stereocenters. The molecular formula is C17H28N2O. The number of nitrogens with one attached hydrogen (secondary N) is 1. The molecular weight excluding hydrogens is 248 g/mol. The summed E-state index contributed by atoms with van der Waals surface area (Å²) < 4.78 is 5.29. The normalized spacial score (nSPS) is 19.1. The van der Waals surface area contributed by atoms with E-state index in [1.54, 1.807) is 7.11 Å². The van der Waals surface area contributed by atoms with Gasteiger partial charge in [0.15, 0.2) is 0 Å². The van der Waals surface area contributed by atoms with Gasteiger partial charge in [0, 0.05) is 6.04 Å². The summed E-state index contributed by atoms with van der Waals surface area (Å²) in [7, 11) is 1.71. The van der Waals surface area contributed by atoms with Crippen molar-refractivity contribution in [3.8, 4) is 5.75 Å². The van der Waals surface area contributed by atoms with Crippen molar-refractivity contribution in [1.82, 2.24) is 5.43 Å². The van der Waals surface area contributed by atoms with Crippen LogP contribution in [-0.2, 0) is 0 Å². The van der Waals surface area contributed by atoms with Crippen molar-refractivity contribution in [2.75, 3.05) is 7.11 Å². The van der Waals surface area contributed by atoms with Crippen LogP contribution >= 0.6 is 0 Å². The lowest BCUT2D eigenvalue weighted by atomic mass is 9.82. The van der Waals surface area contributed by atoms with E-state index in [1.165, 1.54) is 56.1 Å². The third-order valence-corrected chi connectivity index (χ3v) is 4.61. The first kappa shape index (κ1) is 15.3. The number of hydrogen-bond donors (Lipinski definition) is 2. The lowest BCUT2D eigenvalue weighted by Gasteiger charge is -2.29. The molecule has 0 saturated heterocycles.